The van der Waals surface area contributed by atoms with Gasteiger partial charge in [-0.1, -0.05) is 23.9 Å². The number of phenols is 1. The fourth-order valence-corrected chi connectivity index (χ4v) is 3.35. The van der Waals surface area contributed by atoms with Crippen LogP contribution in [0, 0.1) is 0 Å². The summed E-state index contributed by atoms with van der Waals surface area (Å²) >= 11 is 1.39. The van der Waals surface area contributed by atoms with Crippen molar-refractivity contribution < 1.29 is 15.1 Å². The maximum Gasteiger partial charge on any atom is 0.248 e. The molecule has 1 amide bonds. The highest BCUT2D eigenvalue weighted by Crippen LogP contribution is 2.50. The number of aromatic hydroxyl groups is 1. The van der Waals surface area contributed by atoms with Gasteiger partial charge in [0, 0.05) is 10.5 Å². The third-order valence-electron chi connectivity index (χ3n) is 3.11. The summed E-state index contributed by atoms with van der Waals surface area (Å²) in [6.45, 7) is 0. The first kappa shape index (κ1) is 12.8. The Hall–Kier alpha value is -2.18. The summed E-state index contributed by atoms with van der Waals surface area (Å²) in [7, 11) is 0. The minimum absolute atomic E-state index is 0.144. The third kappa shape index (κ3) is 2.09. The molecular weight excluding hydrogens is 276 g/mol. The van der Waals surface area contributed by atoms with Crippen LogP contribution in [0.2, 0.25) is 0 Å². The number of rotatable bonds is 2. The normalized spacial score (nSPS) is 17.1. The summed E-state index contributed by atoms with van der Waals surface area (Å²) in [5, 5.41) is 20.5. The van der Waals surface area contributed by atoms with Crippen molar-refractivity contribution in [2.24, 2.45) is 5.73 Å². The number of carbonyl (C=O) groups excluding carboxylic acids is 1. The van der Waals surface area contributed by atoms with E-state index in [0.717, 1.165) is 15.5 Å². The Morgan fingerprint density at radius 2 is 2.05 bits per heavy atom. The molecule has 1 atom stereocenters. The molecule has 1 aliphatic heterocycles. The summed E-state index contributed by atoms with van der Waals surface area (Å²) in [4.78, 5) is 12.0. The van der Waals surface area contributed by atoms with Gasteiger partial charge < -0.3 is 10.8 Å². The van der Waals surface area contributed by atoms with Crippen molar-refractivity contribution in [1.82, 2.24) is 0 Å². The van der Waals surface area contributed by atoms with Crippen LogP contribution in [0.3, 0.4) is 0 Å². The van der Waals surface area contributed by atoms with E-state index in [0.29, 0.717) is 11.3 Å². The van der Waals surface area contributed by atoms with Crippen molar-refractivity contribution in [1.29, 1.82) is 0 Å². The van der Waals surface area contributed by atoms with Crippen LogP contribution >= 0.6 is 11.8 Å². The number of hydrogen-bond donors (Lipinski definition) is 3. The molecule has 3 rings (SSSR count). The maximum atomic E-state index is 11.2. The smallest absolute Gasteiger partial charge is 0.248 e. The van der Waals surface area contributed by atoms with Gasteiger partial charge in [0.2, 0.25) is 5.91 Å². The third-order valence-corrected chi connectivity index (χ3v) is 4.38. The van der Waals surface area contributed by atoms with Crippen LogP contribution in [0.4, 0.5) is 5.69 Å². The van der Waals surface area contributed by atoms with Gasteiger partial charge >= 0.3 is 0 Å². The monoisotopic (exact) mass is 288 g/mol. The Labute approximate surface area is 119 Å². The summed E-state index contributed by atoms with van der Waals surface area (Å²) < 4.78 is 0. The van der Waals surface area contributed by atoms with Gasteiger partial charge in [0.1, 0.15) is 11.1 Å². The van der Waals surface area contributed by atoms with Gasteiger partial charge in [-0.2, -0.15) is 0 Å². The molecule has 4 N–H and O–H groups in total. The molecule has 0 aliphatic carbocycles. The van der Waals surface area contributed by atoms with Gasteiger partial charge in [0.05, 0.1) is 5.69 Å². The molecule has 0 saturated carbocycles. The summed E-state index contributed by atoms with van der Waals surface area (Å²) in [5.74, 6) is -0.357. The second-order valence-corrected chi connectivity index (χ2v) is 5.58. The van der Waals surface area contributed by atoms with Crippen molar-refractivity contribution in [2.45, 2.75) is 10.3 Å². The Balaban J connectivity index is 1.97. The van der Waals surface area contributed by atoms with Crippen molar-refractivity contribution in [3.05, 3.63) is 53.6 Å². The molecule has 0 radical (unpaired) electrons. The molecule has 0 aromatic heterocycles. The molecule has 0 spiro atoms. The van der Waals surface area contributed by atoms with Crippen LogP contribution in [-0.2, 0) is 0 Å². The average molecular weight is 288 g/mol. The quantitative estimate of drug-likeness (QED) is 0.790. The number of phenolic OH excluding ortho intramolecular Hbond substituents is 1. The lowest BCUT2D eigenvalue weighted by Crippen LogP contribution is -2.18. The van der Waals surface area contributed by atoms with E-state index in [4.69, 9.17) is 5.73 Å². The molecular formula is C14H12N2O3S. The molecule has 0 saturated heterocycles. The van der Waals surface area contributed by atoms with Crippen LogP contribution in [-0.4, -0.2) is 16.2 Å². The second kappa shape index (κ2) is 4.73. The van der Waals surface area contributed by atoms with E-state index >= 15 is 0 Å². The number of primary amides is 1. The molecule has 1 unspecified atom stereocenters. The van der Waals surface area contributed by atoms with Gasteiger partial charge in [-0.15, -0.1) is 0 Å². The molecule has 0 fully saturated rings. The first-order valence-corrected chi connectivity index (χ1v) is 6.82. The molecule has 6 heteroatoms. The summed E-state index contributed by atoms with van der Waals surface area (Å²) in [5.41, 5.74) is 7.05. The van der Waals surface area contributed by atoms with Crippen LogP contribution in [0.25, 0.3) is 0 Å². The molecule has 102 valence electrons. The zero-order valence-electron chi connectivity index (χ0n) is 10.4. The number of hydroxylamine groups is 1. The average Bonchev–Trinajstić information content (AvgIpc) is 2.75. The number of amides is 1. The summed E-state index contributed by atoms with van der Waals surface area (Å²) in [6.07, 6.45) is 0. The molecule has 0 bridgehead atoms. The predicted octanol–water partition coefficient (Wildman–Crippen LogP) is 2.49. The van der Waals surface area contributed by atoms with Gasteiger partial charge in [-0.3, -0.25) is 10.0 Å². The second-order valence-electron chi connectivity index (χ2n) is 4.46. The highest BCUT2D eigenvalue weighted by atomic mass is 32.2. The maximum absolute atomic E-state index is 11.2. The highest BCUT2D eigenvalue weighted by molar-refractivity contribution is 8.00. The first-order valence-electron chi connectivity index (χ1n) is 5.94. The van der Waals surface area contributed by atoms with E-state index in [2.05, 4.69) is 0 Å². The fraction of sp³-hybridized carbons (Fsp3) is 0.0714. The molecule has 5 nitrogen and oxygen atoms in total. The van der Waals surface area contributed by atoms with E-state index in [1.165, 1.54) is 11.8 Å². The minimum Gasteiger partial charge on any atom is -0.508 e. The Bertz CT molecular complexity index is 690. The highest BCUT2D eigenvalue weighted by Gasteiger charge is 2.31. The van der Waals surface area contributed by atoms with Crippen LogP contribution in [0.15, 0.2) is 47.4 Å². The minimum atomic E-state index is -0.501. The number of fused-ring (bicyclic) bond motifs is 1. The van der Waals surface area contributed by atoms with E-state index in [-0.39, 0.29) is 11.1 Å². The van der Waals surface area contributed by atoms with Gasteiger partial charge in [0.15, 0.2) is 0 Å². The van der Waals surface area contributed by atoms with E-state index in [1.807, 2.05) is 6.07 Å². The van der Waals surface area contributed by atoms with Crippen LogP contribution in [0.5, 0.6) is 5.75 Å². The molecule has 20 heavy (non-hydrogen) atoms. The zero-order chi connectivity index (χ0) is 14.3. The lowest BCUT2D eigenvalue weighted by atomic mass is 10.1. The molecule has 1 heterocycles. The Kier molecular flexibility index (Phi) is 3.04. The van der Waals surface area contributed by atoms with E-state index in [1.54, 1.807) is 36.4 Å². The SMILES string of the molecule is NC(=O)c1ccc2c(c1)SC(c1cccc(O)c1)N2O. The molecule has 2 aromatic carbocycles. The van der Waals surface area contributed by atoms with Gasteiger partial charge in [0.25, 0.3) is 0 Å². The van der Waals surface area contributed by atoms with Crippen molar-refractivity contribution in [2.75, 3.05) is 5.06 Å². The topological polar surface area (TPSA) is 86.8 Å². The van der Waals surface area contributed by atoms with Gasteiger partial charge in [-0.25, -0.2) is 5.06 Å². The molecule has 1 aliphatic rings. The standard InChI is InChI=1S/C14H12N2O3S/c15-13(18)8-4-5-11-12(7-8)20-14(16(11)19)9-2-1-3-10(17)6-9/h1-7,14,17,19H,(H2,15,18). The Morgan fingerprint density at radius 3 is 2.75 bits per heavy atom. The van der Waals surface area contributed by atoms with Crippen LogP contribution < -0.4 is 10.8 Å². The largest absolute Gasteiger partial charge is 0.508 e. The number of thioether (sulfide) groups is 1. The number of nitrogens with two attached hydrogens (primary N) is 1. The fourth-order valence-electron chi connectivity index (χ4n) is 2.14. The van der Waals surface area contributed by atoms with E-state index in [9.17, 15) is 15.1 Å². The zero-order valence-corrected chi connectivity index (χ0v) is 11.2. The van der Waals surface area contributed by atoms with Crippen LogP contribution in [0.1, 0.15) is 21.3 Å². The number of carbonyl (C=O) groups is 1. The van der Waals surface area contributed by atoms with Gasteiger partial charge in [-0.05, 0) is 35.9 Å². The summed E-state index contributed by atoms with van der Waals surface area (Å²) in [6, 6.07) is 11.6. The lowest BCUT2D eigenvalue weighted by Gasteiger charge is -2.19. The van der Waals surface area contributed by atoms with Crippen molar-refractivity contribution in [3.8, 4) is 5.75 Å². The molecule has 2 aromatic rings. The van der Waals surface area contributed by atoms with Crippen molar-refractivity contribution >= 4 is 23.4 Å². The number of benzene rings is 2. The first-order chi connectivity index (χ1) is 9.56. The lowest BCUT2D eigenvalue weighted by molar-refractivity contribution is 0.1000. The van der Waals surface area contributed by atoms with E-state index < -0.39 is 5.91 Å². The number of nitrogens with zero attached hydrogens (tertiary/aromatic N) is 1. The predicted molar refractivity (Wildman–Crippen MR) is 75.9 cm³/mol. The van der Waals surface area contributed by atoms with Crippen molar-refractivity contribution in [3.63, 3.8) is 0 Å². The number of hydrogen-bond acceptors (Lipinski definition) is 5. The number of anilines is 1. The Morgan fingerprint density at radius 1 is 1.25 bits per heavy atom.